The van der Waals surface area contributed by atoms with E-state index in [1.165, 1.54) is 12.1 Å². The van der Waals surface area contributed by atoms with E-state index in [-0.39, 0.29) is 11.6 Å². The zero-order valence-electron chi connectivity index (χ0n) is 15.1. The van der Waals surface area contributed by atoms with Crippen LogP contribution in [-0.2, 0) is 11.3 Å². The molecule has 0 aliphatic carbocycles. The van der Waals surface area contributed by atoms with Gasteiger partial charge in [0.2, 0.25) is 0 Å². The van der Waals surface area contributed by atoms with Crippen LogP contribution in [0.25, 0.3) is 0 Å². The van der Waals surface area contributed by atoms with Crippen molar-refractivity contribution in [2.75, 3.05) is 6.54 Å². The maximum Gasteiger partial charge on any atom is 0.319 e. The van der Waals surface area contributed by atoms with Gasteiger partial charge >= 0.3 is 6.03 Å². The second-order valence-corrected chi connectivity index (χ2v) is 6.93. The van der Waals surface area contributed by atoms with E-state index in [0.29, 0.717) is 29.9 Å². The molecule has 2 aliphatic rings. The normalized spacial score (nSPS) is 18.6. The van der Waals surface area contributed by atoms with Gasteiger partial charge in [0, 0.05) is 18.7 Å². The van der Waals surface area contributed by atoms with Gasteiger partial charge in [-0.2, -0.15) is 0 Å². The number of urea groups is 1. The molecule has 0 saturated carbocycles. The Labute approximate surface area is 161 Å². The molecule has 2 N–H and O–H groups in total. The molecule has 28 heavy (non-hydrogen) atoms. The number of nitro benzene ring substituents is 1. The molecule has 142 valence electrons. The van der Waals surface area contributed by atoms with Crippen LogP contribution in [0.2, 0.25) is 0 Å². The summed E-state index contributed by atoms with van der Waals surface area (Å²) in [6, 6.07) is 12.7. The standard InChI is InChI=1S/C20H18N4O4/c1-12-4-2-5-13(8-12)10-23-11-16-17(19(23)25)18(22-20(26)21-16)14-6-3-7-15(9-14)24(27)28/h2-9,18H,10-11H2,1H3,(H2,21,22,26). The molecule has 8 heteroatoms. The molecule has 0 radical (unpaired) electrons. The fraction of sp³-hybridized carbons (Fsp3) is 0.200. The van der Waals surface area contributed by atoms with Gasteiger partial charge in [0.1, 0.15) is 0 Å². The van der Waals surface area contributed by atoms with Gasteiger partial charge < -0.3 is 15.5 Å². The van der Waals surface area contributed by atoms with E-state index in [1.807, 2.05) is 31.2 Å². The minimum atomic E-state index is -0.723. The number of aryl methyl sites for hydroxylation is 1. The van der Waals surface area contributed by atoms with E-state index in [1.54, 1.807) is 17.0 Å². The number of nitrogens with zero attached hydrogens (tertiary/aromatic N) is 2. The fourth-order valence-electron chi connectivity index (χ4n) is 3.65. The summed E-state index contributed by atoms with van der Waals surface area (Å²) < 4.78 is 0. The smallest absolute Gasteiger partial charge is 0.319 e. The highest BCUT2D eigenvalue weighted by Crippen LogP contribution is 2.34. The Bertz CT molecular complexity index is 1030. The van der Waals surface area contributed by atoms with Crippen molar-refractivity contribution in [1.29, 1.82) is 0 Å². The summed E-state index contributed by atoms with van der Waals surface area (Å²) in [5.41, 5.74) is 3.48. The molecule has 3 amide bonds. The lowest BCUT2D eigenvalue weighted by Crippen LogP contribution is -2.44. The van der Waals surface area contributed by atoms with Crippen LogP contribution in [-0.4, -0.2) is 28.3 Å². The van der Waals surface area contributed by atoms with E-state index in [4.69, 9.17) is 0 Å². The molecule has 0 bridgehead atoms. The first kappa shape index (κ1) is 17.7. The Hall–Kier alpha value is -3.68. The third-order valence-corrected chi connectivity index (χ3v) is 4.89. The van der Waals surface area contributed by atoms with Crippen LogP contribution >= 0.6 is 0 Å². The molecule has 2 aliphatic heterocycles. The molecule has 2 heterocycles. The maximum atomic E-state index is 13.1. The van der Waals surface area contributed by atoms with Gasteiger partial charge in [-0.3, -0.25) is 14.9 Å². The van der Waals surface area contributed by atoms with Gasteiger partial charge in [-0.1, -0.05) is 42.0 Å². The Kier molecular flexibility index (Phi) is 4.31. The predicted octanol–water partition coefficient (Wildman–Crippen LogP) is 2.55. The van der Waals surface area contributed by atoms with Gasteiger partial charge in [0.05, 0.1) is 28.8 Å². The van der Waals surface area contributed by atoms with Gasteiger partial charge in [0.25, 0.3) is 11.6 Å². The largest absolute Gasteiger partial charge is 0.329 e. The number of amides is 3. The minimum absolute atomic E-state index is 0.0884. The highest BCUT2D eigenvalue weighted by molar-refractivity contribution is 6.01. The van der Waals surface area contributed by atoms with E-state index in [0.717, 1.165) is 11.1 Å². The first-order valence-electron chi connectivity index (χ1n) is 8.82. The van der Waals surface area contributed by atoms with Crippen LogP contribution in [0.4, 0.5) is 10.5 Å². The van der Waals surface area contributed by atoms with Crippen molar-refractivity contribution >= 4 is 17.6 Å². The Balaban J connectivity index is 1.65. The molecule has 0 fully saturated rings. The van der Waals surface area contributed by atoms with E-state index in [2.05, 4.69) is 10.6 Å². The van der Waals surface area contributed by atoms with Crippen LogP contribution in [0, 0.1) is 17.0 Å². The number of carbonyl (C=O) groups is 2. The maximum absolute atomic E-state index is 13.1. The number of hydrogen-bond donors (Lipinski definition) is 2. The molecule has 0 aromatic heterocycles. The summed E-state index contributed by atoms with van der Waals surface area (Å²) in [4.78, 5) is 37.4. The summed E-state index contributed by atoms with van der Waals surface area (Å²) >= 11 is 0. The monoisotopic (exact) mass is 378 g/mol. The Morgan fingerprint density at radius 1 is 1.18 bits per heavy atom. The quantitative estimate of drug-likeness (QED) is 0.630. The molecular formula is C20H18N4O4. The Morgan fingerprint density at radius 3 is 2.71 bits per heavy atom. The SMILES string of the molecule is Cc1cccc(CN2CC3=C(C2=O)C(c2cccc([N+](=O)[O-])c2)NC(=O)N3)c1. The molecule has 4 rings (SSSR count). The molecule has 1 unspecified atom stereocenters. The van der Waals surface area contributed by atoms with Crippen LogP contribution < -0.4 is 10.6 Å². The number of carbonyl (C=O) groups excluding carboxylic acids is 2. The summed E-state index contributed by atoms with van der Waals surface area (Å²) in [6.45, 7) is 2.70. The summed E-state index contributed by atoms with van der Waals surface area (Å²) in [5.74, 6) is -0.194. The molecule has 1 atom stereocenters. The zero-order valence-corrected chi connectivity index (χ0v) is 15.1. The average Bonchev–Trinajstić information content (AvgIpc) is 2.96. The molecule has 2 aromatic rings. The summed E-state index contributed by atoms with van der Waals surface area (Å²) in [5, 5.41) is 16.5. The lowest BCUT2D eigenvalue weighted by molar-refractivity contribution is -0.384. The minimum Gasteiger partial charge on any atom is -0.329 e. The predicted molar refractivity (Wildman–Crippen MR) is 101 cm³/mol. The zero-order chi connectivity index (χ0) is 19.8. The molecule has 0 spiro atoms. The van der Waals surface area contributed by atoms with Crippen molar-refractivity contribution in [2.45, 2.75) is 19.5 Å². The van der Waals surface area contributed by atoms with Gasteiger partial charge in [0.15, 0.2) is 0 Å². The number of non-ortho nitro benzene ring substituents is 1. The van der Waals surface area contributed by atoms with Crippen LogP contribution in [0.15, 0.2) is 59.8 Å². The average molecular weight is 378 g/mol. The summed E-state index contributed by atoms with van der Waals surface area (Å²) in [7, 11) is 0. The van der Waals surface area contributed by atoms with Gasteiger partial charge in [-0.05, 0) is 18.1 Å². The van der Waals surface area contributed by atoms with Gasteiger partial charge in [-0.25, -0.2) is 4.79 Å². The van der Waals surface area contributed by atoms with E-state index < -0.39 is 17.0 Å². The summed E-state index contributed by atoms with van der Waals surface area (Å²) in [6.07, 6.45) is 0. The molecular weight excluding hydrogens is 360 g/mol. The first-order chi connectivity index (χ1) is 13.4. The van der Waals surface area contributed by atoms with Crippen LogP contribution in [0.5, 0.6) is 0 Å². The second kappa shape index (κ2) is 6.80. The molecule has 8 nitrogen and oxygen atoms in total. The highest BCUT2D eigenvalue weighted by atomic mass is 16.6. The lowest BCUT2D eigenvalue weighted by atomic mass is 9.96. The topological polar surface area (TPSA) is 105 Å². The third kappa shape index (κ3) is 3.20. The molecule has 0 saturated heterocycles. The lowest BCUT2D eigenvalue weighted by Gasteiger charge is -2.25. The first-order valence-corrected chi connectivity index (χ1v) is 8.82. The van der Waals surface area contributed by atoms with Crippen molar-refractivity contribution in [3.8, 4) is 0 Å². The number of rotatable bonds is 4. The van der Waals surface area contributed by atoms with Crippen molar-refractivity contribution in [2.24, 2.45) is 0 Å². The van der Waals surface area contributed by atoms with Crippen LogP contribution in [0.1, 0.15) is 22.7 Å². The van der Waals surface area contributed by atoms with Crippen molar-refractivity contribution < 1.29 is 14.5 Å². The van der Waals surface area contributed by atoms with E-state index >= 15 is 0 Å². The second-order valence-electron chi connectivity index (χ2n) is 6.93. The highest BCUT2D eigenvalue weighted by Gasteiger charge is 2.40. The van der Waals surface area contributed by atoms with Crippen molar-refractivity contribution in [3.05, 3.63) is 86.6 Å². The van der Waals surface area contributed by atoms with Crippen molar-refractivity contribution in [3.63, 3.8) is 0 Å². The number of nitro groups is 1. The number of nitrogens with one attached hydrogen (secondary N) is 2. The van der Waals surface area contributed by atoms with Gasteiger partial charge in [-0.15, -0.1) is 0 Å². The number of benzene rings is 2. The van der Waals surface area contributed by atoms with Crippen molar-refractivity contribution in [1.82, 2.24) is 15.5 Å². The van der Waals surface area contributed by atoms with E-state index in [9.17, 15) is 19.7 Å². The van der Waals surface area contributed by atoms with Crippen LogP contribution in [0.3, 0.4) is 0 Å². The molecule has 2 aromatic carbocycles. The third-order valence-electron chi connectivity index (χ3n) is 4.89. The Morgan fingerprint density at radius 2 is 1.96 bits per heavy atom. The fourth-order valence-corrected chi connectivity index (χ4v) is 3.65. The number of hydrogen-bond acceptors (Lipinski definition) is 4.